The van der Waals surface area contributed by atoms with Crippen LogP contribution in [0.1, 0.15) is 166 Å². The molecule has 0 spiro atoms. The van der Waals surface area contributed by atoms with Crippen LogP contribution in [-0.2, 0) is 55.6 Å². The Kier molecular flexibility index (Phi) is 35.1. The standard InChI is InChI=1S/C77H112N14O11/c1-7-67(92)81-48-19-9-13-35-71(96)87-60(75(99)86-53-27-52-83-68(93)34-14-10-24-54-89-62-31-18-16-29-59(62)77(4,5)66(89)33-12-8-11-32-65-76(2,3)58-28-15-17-30-61(58)88(65)6)36-41-73(98)90-55-42-57-64(38-37-63(74(57)90)91(100)101)102-56-72(97)85-50-23-22-49-82-69(94)39-40-70(95)84-51-26-47-80-45-21-20-44-79-46-25-43-78/h7-8,11-12,15-18,28-33,37-38,60,79-80H,1,9-10,13-14,19-27,34-36,39-56,78H2,2-6H3,(H6-,81,82,83,84,85,86,87,92,93,94,95,96,97,99)/p+1/t60-/m0/s1. The number of nitro groups is 1. The van der Waals surface area contributed by atoms with E-state index in [9.17, 15) is 48.5 Å². The zero-order valence-electron chi connectivity index (χ0n) is 60.9. The summed E-state index contributed by atoms with van der Waals surface area (Å²) in [6.45, 7) is 19.3. The lowest BCUT2D eigenvalue weighted by atomic mass is 9.81. The Morgan fingerprint density at radius 3 is 1.86 bits per heavy atom. The number of nitrogens with two attached hydrogens (primary N) is 1. The van der Waals surface area contributed by atoms with Crippen molar-refractivity contribution in [2.45, 2.75) is 173 Å². The predicted molar refractivity (Wildman–Crippen MR) is 401 cm³/mol. The van der Waals surface area contributed by atoms with Crippen molar-refractivity contribution in [3.63, 3.8) is 0 Å². The number of allylic oxidation sites excluding steroid dienone is 6. The molecule has 0 saturated carbocycles. The molecular weight excluding hydrogens is 1300 g/mol. The van der Waals surface area contributed by atoms with E-state index in [-0.39, 0.29) is 103 Å². The van der Waals surface area contributed by atoms with Crippen LogP contribution in [0.4, 0.5) is 22.7 Å². The third-order valence-electron chi connectivity index (χ3n) is 18.7. The fourth-order valence-corrected chi connectivity index (χ4v) is 13.1. The van der Waals surface area contributed by atoms with Gasteiger partial charge in [-0.25, -0.2) is 0 Å². The van der Waals surface area contributed by atoms with Gasteiger partial charge in [0, 0.05) is 131 Å². The molecule has 3 heterocycles. The van der Waals surface area contributed by atoms with Gasteiger partial charge in [-0.15, -0.1) is 0 Å². The molecule has 0 fully saturated rings. The summed E-state index contributed by atoms with van der Waals surface area (Å²) in [7, 11) is 2.12. The average Bonchev–Trinajstić information content (AvgIpc) is 1.60. The van der Waals surface area contributed by atoms with Gasteiger partial charge in [0.2, 0.25) is 47.0 Å². The Hall–Kier alpha value is -9.07. The van der Waals surface area contributed by atoms with E-state index >= 15 is 0 Å². The summed E-state index contributed by atoms with van der Waals surface area (Å²) in [5.41, 5.74) is 12.7. The molecule has 0 bridgehead atoms. The number of anilines is 2. The quantitative estimate of drug-likeness (QED) is 0.00663. The van der Waals surface area contributed by atoms with Crippen molar-refractivity contribution in [2.75, 3.05) is 109 Å². The summed E-state index contributed by atoms with van der Waals surface area (Å²) in [6.07, 6.45) is 21.9. The molecular formula is C77H113N14O11+. The lowest BCUT2D eigenvalue weighted by molar-refractivity contribution is -0.401. The maximum absolute atomic E-state index is 14.1. The largest absolute Gasteiger partial charge is 0.483 e. The molecule has 8 amide bonds. The number of fused-ring (bicyclic) bond motifs is 3. The number of nitrogens with one attached hydrogen (secondary N) is 9. The van der Waals surface area contributed by atoms with Gasteiger partial charge in [0.1, 0.15) is 24.5 Å². The molecule has 0 aromatic heterocycles. The number of hydrogen-bond acceptors (Lipinski definition) is 15. The number of nitrogens with zero attached hydrogens (tertiary/aromatic N) is 4. The minimum absolute atomic E-state index is 0.0330. The summed E-state index contributed by atoms with van der Waals surface area (Å²) in [6, 6.07) is 18.6. The second-order valence-corrected chi connectivity index (χ2v) is 27.2. The van der Waals surface area contributed by atoms with Gasteiger partial charge >= 0.3 is 0 Å². The van der Waals surface area contributed by atoms with Crippen LogP contribution in [0.15, 0.2) is 109 Å². The number of carbonyl (C=O) groups excluding carboxylic acids is 8. The van der Waals surface area contributed by atoms with Crippen LogP contribution in [0.25, 0.3) is 0 Å². The van der Waals surface area contributed by atoms with Gasteiger partial charge in [-0.3, -0.25) is 48.5 Å². The molecule has 0 aliphatic carbocycles. The fraction of sp³-hybridized carbons (Fsp3) is 0.545. The first-order valence-corrected chi connectivity index (χ1v) is 36.7. The maximum atomic E-state index is 14.1. The van der Waals surface area contributed by atoms with Crippen molar-refractivity contribution in [3.05, 3.63) is 136 Å². The molecule has 25 heteroatoms. The van der Waals surface area contributed by atoms with Crippen LogP contribution in [0.2, 0.25) is 0 Å². The Morgan fingerprint density at radius 1 is 0.618 bits per heavy atom. The molecule has 1 atom stereocenters. The van der Waals surface area contributed by atoms with Gasteiger partial charge < -0.3 is 68.1 Å². The SMILES string of the molecule is C=CC(=O)NCCCCCC(=O)N[C@@H](CCC(=O)N1CCc2c(OCC(=O)NCCCCNC(=O)CCC(=O)NCCCNCCCCNCCCN)ccc([N+](=O)[O-])c21)C(=O)NCCCNC(=O)CCCCCN1C(=CC=CC=CC2=[N+](C)c3ccccc3C2(C)C)C(C)(C)c2ccccc21. The van der Waals surface area contributed by atoms with Crippen molar-refractivity contribution in [3.8, 4) is 5.75 Å². The zero-order valence-corrected chi connectivity index (χ0v) is 60.9. The van der Waals surface area contributed by atoms with Crippen molar-refractivity contribution < 1.29 is 52.6 Å². The van der Waals surface area contributed by atoms with E-state index < -0.39 is 41.2 Å². The molecule has 3 aromatic rings. The minimum Gasteiger partial charge on any atom is -0.483 e. The Morgan fingerprint density at radius 2 is 1.19 bits per heavy atom. The molecule has 3 aliphatic rings. The highest BCUT2D eigenvalue weighted by atomic mass is 16.6. The third-order valence-corrected chi connectivity index (χ3v) is 18.7. The third kappa shape index (κ3) is 26.1. The van der Waals surface area contributed by atoms with Crippen molar-refractivity contribution in [1.82, 2.24) is 47.9 Å². The van der Waals surface area contributed by atoms with Crippen LogP contribution in [0.3, 0.4) is 0 Å². The van der Waals surface area contributed by atoms with Crippen molar-refractivity contribution >= 4 is 75.7 Å². The van der Waals surface area contributed by atoms with Crippen molar-refractivity contribution in [2.24, 2.45) is 5.73 Å². The van der Waals surface area contributed by atoms with Gasteiger partial charge in [-0.05, 0) is 160 Å². The number of unbranched alkanes of at least 4 members (excludes halogenated alkanes) is 6. The van der Waals surface area contributed by atoms with Gasteiger partial charge in [0.05, 0.1) is 10.3 Å². The van der Waals surface area contributed by atoms with Gasteiger partial charge in [0.15, 0.2) is 12.3 Å². The molecule has 0 unspecified atom stereocenters. The average molecular weight is 1410 g/mol. The normalized spacial score (nSPS) is 14.7. The van der Waals surface area contributed by atoms with E-state index in [1.807, 2.05) is 0 Å². The molecule has 0 radical (unpaired) electrons. The summed E-state index contributed by atoms with van der Waals surface area (Å²) in [5, 5.41) is 38.8. The van der Waals surface area contributed by atoms with Gasteiger partial charge in [-0.1, -0.05) is 87.9 Å². The highest BCUT2D eigenvalue weighted by Crippen LogP contribution is 2.48. The monoisotopic (exact) mass is 1410 g/mol. The summed E-state index contributed by atoms with van der Waals surface area (Å²) < 4.78 is 8.15. The van der Waals surface area contributed by atoms with E-state index in [1.54, 1.807) is 0 Å². The first-order valence-electron chi connectivity index (χ1n) is 36.7. The second-order valence-electron chi connectivity index (χ2n) is 27.2. The van der Waals surface area contributed by atoms with E-state index in [2.05, 4.69) is 178 Å². The van der Waals surface area contributed by atoms with E-state index in [0.717, 1.165) is 71.2 Å². The first kappa shape index (κ1) is 81.9. The highest BCUT2D eigenvalue weighted by molar-refractivity contribution is 6.03. The summed E-state index contributed by atoms with van der Waals surface area (Å²) >= 11 is 0. The van der Waals surface area contributed by atoms with E-state index in [0.29, 0.717) is 96.2 Å². The number of para-hydroxylation sites is 2. The number of hydrogen-bond donors (Lipinski definition) is 10. The van der Waals surface area contributed by atoms with E-state index in [4.69, 9.17) is 10.5 Å². The van der Waals surface area contributed by atoms with Crippen LogP contribution < -0.4 is 68.1 Å². The lowest BCUT2D eigenvalue weighted by Gasteiger charge is -2.27. The van der Waals surface area contributed by atoms with E-state index in [1.165, 1.54) is 57.0 Å². The topological polar surface area (TPSA) is 333 Å². The zero-order chi connectivity index (χ0) is 73.7. The van der Waals surface area contributed by atoms with Gasteiger partial charge in [-0.2, -0.15) is 4.58 Å². The first-order chi connectivity index (χ1) is 49.2. The van der Waals surface area contributed by atoms with Crippen LogP contribution in [-0.4, -0.2) is 167 Å². The fourth-order valence-electron chi connectivity index (χ4n) is 13.1. The summed E-state index contributed by atoms with van der Waals surface area (Å²) in [5.74, 6) is -2.53. The molecule has 25 nitrogen and oxygen atoms in total. The predicted octanol–water partition coefficient (Wildman–Crippen LogP) is 7.28. The highest BCUT2D eigenvalue weighted by Gasteiger charge is 2.43. The molecule has 3 aliphatic heterocycles. The number of ether oxygens (including phenoxy) is 1. The van der Waals surface area contributed by atoms with Gasteiger partial charge in [0.25, 0.3) is 11.6 Å². The summed E-state index contributed by atoms with van der Waals surface area (Å²) in [4.78, 5) is 119. The number of benzene rings is 3. The minimum atomic E-state index is -1.14. The number of carbonyl (C=O) groups is 8. The Labute approximate surface area is 602 Å². The Bertz CT molecular complexity index is 3450. The number of amides is 8. The molecule has 11 N–H and O–H groups in total. The number of nitro benzene ring substituents is 1. The van der Waals surface area contributed by atoms with Crippen molar-refractivity contribution in [1.29, 1.82) is 0 Å². The second kappa shape index (κ2) is 43.7. The number of rotatable bonds is 49. The Balaban J connectivity index is 0.904. The molecule has 102 heavy (non-hydrogen) atoms. The molecule has 0 saturated heterocycles. The maximum Gasteiger partial charge on any atom is 0.293 e. The smallest absolute Gasteiger partial charge is 0.293 e. The van der Waals surface area contributed by atoms with Crippen LogP contribution in [0, 0.1) is 10.1 Å². The molecule has 3 aromatic carbocycles. The van der Waals surface area contributed by atoms with Crippen LogP contribution in [0.5, 0.6) is 5.75 Å². The van der Waals surface area contributed by atoms with Crippen LogP contribution >= 0.6 is 0 Å². The molecule has 556 valence electrons. The molecule has 6 rings (SSSR count). The lowest BCUT2D eigenvalue weighted by Crippen LogP contribution is -2.47.